The Hall–Kier alpha value is -3.79. The summed E-state index contributed by atoms with van der Waals surface area (Å²) in [6.07, 6.45) is -0.964. The molecule has 5 amide bonds. The predicted molar refractivity (Wildman–Crippen MR) is 123 cm³/mol. The van der Waals surface area contributed by atoms with Gasteiger partial charge in [-0.25, -0.2) is 4.79 Å². The molecule has 16 heteroatoms. The van der Waals surface area contributed by atoms with Crippen molar-refractivity contribution in [3.8, 4) is 0 Å². The van der Waals surface area contributed by atoms with Gasteiger partial charge in [0, 0.05) is 12.8 Å². The molecular formula is C20H35N7O9. The molecule has 0 aliphatic carbocycles. The first-order valence-corrected chi connectivity index (χ1v) is 11.2. The lowest BCUT2D eigenvalue weighted by atomic mass is 10.0. The third-order valence-corrected chi connectivity index (χ3v) is 4.92. The highest BCUT2D eigenvalue weighted by Gasteiger charge is 2.31. The standard InChI is InChI=1S/C20H35N7O9/c21-8-2-1-3-11(25-17(32)10(22)4-6-14(23)28)18(33)27-13(9-15(24)29)19(34)26-12(20(35)36)5-7-16(30)31/h10-13H,1-9,21-22H2,(H2,23,28)(H2,24,29)(H,25,32)(H,26,34)(H,27,33)(H,30,31)(H,35,36). The molecule has 0 aromatic rings. The Morgan fingerprint density at radius 2 is 1.22 bits per heavy atom. The number of primary amides is 2. The topological polar surface area (TPSA) is 300 Å². The van der Waals surface area contributed by atoms with Gasteiger partial charge in [0.25, 0.3) is 0 Å². The van der Waals surface area contributed by atoms with Crippen LogP contribution in [0.3, 0.4) is 0 Å². The third-order valence-electron chi connectivity index (χ3n) is 4.92. The maximum absolute atomic E-state index is 12.9. The van der Waals surface area contributed by atoms with Crippen LogP contribution in [0.2, 0.25) is 0 Å². The lowest BCUT2D eigenvalue weighted by Gasteiger charge is -2.24. The lowest BCUT2D eigenvalue weighted by molar-refractivity contribution is -0.143. The molecule has 16 nitrogen and oxygen atoms in total. The number of nitrogens with two attached hydrogens (primary N) is 4. The van der Waals surface area contributed by atoms with Gasteiger partial charge >= 0.3 is 11.9 Å². The number of carboxylic acid groups (broad SMARTS) is 2. The molecule has 0 saturated carbocycles. The maximum Gasteiger partial charge on any atom is 0.326 e. The van der Waals surface area contributed by atoms with Gasteiger partial charge in [-0.2, -0.15) is 0 Å². The number of unbranched alkanes of at least 4 members (excludes halogenated alkanes) is 1. The average Bonchev–Trinajstić information content (AvgIpc) is 2.77. The number of amides is 5. The molecule has 0 aromatic carbocycles. The molecule has 0 heterocycles. The van der Waals surface area contributed by atoms with Crippen molar-refractivity contribution in [3.63, 3.8) is 0 Å². The van der Waals surface area contributed by atoms with E-state index in [2.05, 4.69) is 16.0 Å². The highest BCUT2D eigenvalue weighted by molar-refractivity contribution is 5.96. The normalized spacial score (nSPS) is 13.9. The van der Waals surface area contributed by atoms with Crippen molar-refractivity contribution >= 4 is 41.5 Å². The second-order valence-corrected chi connectivity index (χ2v) is 8.02. The number of carbonyl (C=O) groups is 7. The van der Waals surface area contributed by atoms with E-state index < -0.39 is 84.9 Å². The van der Waals surface area contributed by atoms with Crippen molar-refractivity contribution in [1.29, 1.82) is 0 Å². The molecule has 0 bridgehead atoms. The molecule has 0 aromatic heterocycles. The molecule has 0 radical (unpaired) electrons. The van der Waals surface area contributed by atoms with Crippen LogP contribution in [0.15, 0.2) is 0 Å². The van der Waals surface area contributed by atoms with Crippen molar-refractivity contribution in [2.75, 3.05) is 6.54 Å². The number of hydrogen-bond donors (Lipinski definition) is 9. The number of nitrogens with one attached hydrogen (secondary N) is 3. The van der Waals surface area contributed by atoms with Gasteiger partial charge in [-0.3, -0.25) is 28.8 Å². The second-order valence-electron chi connectivity index (χ2n) is 8.02. The molecule has 36 heavy (non-hydrogen) atoms. The van der Waals surface area contributed by atoms with E-state index in [1.54, 1.807) is 0 Å². The Bertz CT molecular complexity index is 821. The fourth-order valence-electron chi connectivity index (χ4n) is 2.95. The summed E-state index contributed by atoms with van der Waals surface area (Å²) in [7, 11) is 0. The van der Waals surface area contributed by atoms with Crippen molar-refractivity contribution < 1.29 is 43.8 Å². The summed E-state index contributed by atoms with van der Waals surface area (Å²) in [6, 6.07) is -5.59. The molecular weight excluding hydrogens is 482 g/mol. The molecule has 4 unspecified atom stereocenters. The van der Waals surface area contributed by atoms with Gasteiger partial charge in [0.2, 0.25) is 29.5 Å². The monoisotopic (exact) mass is 517 g/mol. The minimum absolute atomic E-state index is 0.0715. The zero-order valence-electron chi connectivity index (χ0n) is 19.7. The summed E-state index contributed by atoms with van der Waals surface area (Å²) in [5.41, 5.74) is 21.4. The fourth-order valence-corrected chi connectivity index (χ4v) is 2.95. The molecule has 4 atom stereocenters. The first-order chi connectivity index (χ1) is 16.8. The van der Waals surface area contributed by atoms with Gasteiger partial charge < -0.3 is 49.1 Å². The molecule has 204 valence electrons. The van der Waals surface area contributed by atoms with Crippen LogP contribution < -0.4 is 38.9 Å². The molecule has 0 spiro atoms. The minimum Gasteiger partial charge on any atom is -0.481 e. The smallest absolute Gasteiger partial charge is 0.326 e. The van der Waals surface area contributed by atoms with Crippen molar-refractivity contribution in [2.24, 2.45) is 22.9 Å². The van der Waals surface area contributed by atoms with Crippen LogP contribution in [0, 0.1) is 0 Å². The van der Waals surface area contributed by atoms with Gasteiger partial charge in [-0.15, -0.1) is 0 Å². The first kappa shape index (κ1) is 32.2. The van der Waals surface area contributed by atoms with E-state index in [4.69, 9.17) is 28.0 Å². The van der Waals surface area contributed by atoms with E-state index in [1.807, 2.05) is 0 Å². The Morgan fingerprint density at radius 1 is 0.667 bits per heavy atom. The number of carboxylic acids is 2. The zero-order chi connectivity index (χ0) is 27.8. The zero-order valence-corrected chi connectivity index (χ0v) is 19.7. The van der Waals surface area contributed by atoms with Crippen LogP contribution in [0.25, 0.3) is 0 Å². The van der Waals surface area contributed by atoms with E-state index >= 15 is 0 Å². The molecule has 0 saturated heterocycles. The molecule has 0 rings (SSSR count). The average molecular weight is 518 g/mol. The fraction of sp³-hybridized carbons (Fsp3) is 0.650. The largest absolute Gasteiger partial charge is 0.481 e. The molecule has 0 aliphatic heterocycles. The summed E-state index contributed by atoms with van der Waals surface area (Å²) in [5.74, 6) is -7.22. The number of carbonyl (C=O) groups excluding carboxylic acids is 5. The Kier molecular flexibility index (Phi) is 15.0. The molecule has 0 aliphatic rings. The molecule has 13 N–H and O–H groups in total. The summed E-state index contributed by atoms with van der Waals surface area (Å²) < 4.78 is 0. The van der Waals surface area contributed by atoms with Crippen molar-refractivity contribution in [1.82, 2.24) is 16.0 Å². The van der Waals surface area contributed by atoms with Crippen molar-refractivity contribution in [3.05, 3.63) is 0 Å². The third kappa shape index (κ3) is 13.8. The Balaban J connectivity index is 5.52. The number of aliphatic carboxylic acids is 2. The van der Waals surface area contributed by atoms with Crippen molar-refractivity contribution in [2.45, 2.75) is 75.5 Å². The highest BCUT2D eigenvalue weighted by atomic mass is 16.4. The summed E-state index contributed by atoms with van der Waals surface area (Å²) >= 11 is 0. The van der Waals surface area contributed by atoms with Crippen LogP contribution in [0.1, 0.15) is 51.4 Å². The van der Waals surface area contributed by atoms with E-state index in [0.717, 1.165) is 0 Å². The lowest BCUT2D eigenvalue weighted by Crippen LogP contribution is -2.57. The minimum atomic E-state index is -1.61. The van der Waals surface area contributed by atoms with Crippen LogP contribution >= 0.6 is 0 Å². The summed E-state index contributed by atoms with van der Waals surface area (Å²) in [6.45, 7) is 0.306. The second kappa shape index (κ2) is 16.8. The van der Waals surface area contributed by atoms with Gasteiger partial charge in [0.15, 0.2) is 0 Å². The quantitative estimate of drug-likeness (QED) is 0.0743. The summed E-state index contributed by atoms with van der Waals surface area (Å²) in [5, 5.41) is 24.7. The van der Waals surface area contributed by atoms with Crippen LogP contribution in [-0.2, 0) is 33.6 Å². The number of hydrogen-bond acceptors (Lipinski definition) is 9. The summed E-state index contributed by atoms with van der Waals surface area (Å²) in [4.78, 5) is 82.4. The van der Waals surface area contributed by atoms with E-state index in [9.17, 15) is 38.7 Å². The SMILES string of the molecule is NCCCCC(NC(=O)C(N)CCC(N)=O)C(=O)NC(CC(N)=O)C(=O)NC(CCC(=O)O)C(=O)O. The van der Waals surface area contributed by atoms with Crippen LogP contribution in [-0.4, -0.2) is 82.4 Å². The van der Waals surface area contributed by atoms with Crippen LogP contribution in [0.4, 0.5) is 0 Å². The van der Waals surface area contributed by atoms with Gasteiger partial charge in [-0.1, -0.05) is 0 Å². The van der Waals surface area contributed by atoms with Gasteiger partial charge in [0.05, 0.1) is 12.5 Å². The first-order valence-electron chi connectivity index (χ1n) is 11.2. The number of rotatable bonds is 19. The molecule has 0 fully saturated rings. The van der Waals surface area contributed by atoms with E-state index in [0.29, 0.717) is 19.4 Å². The van der Waals surface area contributed by atoms with E-state index in [1.165, 1.54) is 0 Å². The van der Waals surface area contributed by atoms with Crippen LogP contribution in [0.5, 0.6) is 0 Å². The van der Waals surface area contributed by atoms with Gasteiger partial charge in [0.1, 0.15) is 18.1 Å². The van der Waals surface area contributed by atoms with Gasteiger partial charge in [-0.05, 0) is 38.6 Å². The predicted octanol–water partition coefficient (Wildman–Crippen LogP) is -4.01. The Labute approximate surface area is 206 Å². The highest BCUT2D eigenvalue weighted by Crippen LogP contribution is 2.06. The van der Waals surface area contributed by atoms with E-state index in [-0.39, 0.29) is 19.3 Å². The maximum atomic E-state index is 12.9. The Morgan fingerprint density at radius 3 is 1.72 bits per heavy atom.